The minimum absolute atomic E-state index is 0.138. The standard InChI is InChI=1S/C29H31FN2O3/c1-3-35-28-16-20(4-10-26(28)21-5-7-23(30)8-6-21)18-31-14-12-24(13-15-31)32-19-22-17-25(34-2)9-11-27(22)29(32)33/h4-11,16-17,24H,3,12-15,18-19H2,1-2H3. The zero-order valence-electron chi connectivity index (χ0n) is 20.3. The molecule has 1 amide bonds. The second-order valence-corrected chi connectivity index (χ2v) is 9.23. The van der Waals surface area contributed by atoms with Gasteiger partial charge in [-0.15, -0.1) is 0 Å². The fourth-order valence-corrected chi connectivity index (χ4v) is 5.20. The Bertz CT molecular complexity index is 1200. The molecule has 3 aromatic rings. The molecule has 6 heteroatoms. The first-order valence-electron chi connectivity index (χ1n) is 12.3. The van der Waals surface area contributed by atoms with Crippen LogP contribution in [0.3, 0.4) is 0 Å². The molecule has 0 bridgehead atoms. The quantitative estimate of drug-likeness (QED) is 0.452. The number of fused-ring (bicyclic) bond motifs is 1. The van der Waals surface area contributed by atoms with Crippen molar-refractivity contribution in [3.05, 3.63) is 83.2 Å². The molecule has 2 aliphatic heterocycles. The van der Waals surface area contributed by atoms with E-state index < -0.39 is 0 Å². The molecule has 0 saturated carbocycles. The minimum Gasteiger partial charge on any atom is -0.497 e. The molecule has 1 fully saturated rings. The minimum atomic E-state index is -0.244. The van der Waals surface area contributed by atoms with Crippen molar-refractivity contribution in [1.29, 1.82) is 0 Å². The lowest BCUT2D eigenvalue weighted by Gasteiger charge is -2.36. The number of methoxy groups -OCH3 is 1. The Kier molecular flexibility index (Phi) is 6.73. The first-order chi connectivity index (χ1) is 17.1. The van der Waals surface area contributed by atoms with Gasteiger partial charge < -0.3 is 14.4 Å². The number of piperidine rings is 1. The van der Waals surface area contributed by atoms with Crippen molar-refractivity contribution in [2.45, 2.75) is 38.9 Å². The third-order valence-corrected chi connectivity index (χ3v) is 7.05. The summed E-state index contributed by atoms with van der Waals surface area (Å²) in [6.07, 6.45) is 1.92. The lowest BCUT2D eigenvalue weighted by atomic mass is 10.0. The van der Waals surface area contributed by atoms with Crippen LogP contribution in [0.15, 0.2) is 60.7 Å². The van der Waals surface area contributed by atoms with Crippen molar-refractivity contribution >= 4 is 5.91 Å². The number of halogens is 1. The summed E-state index contributed by atoms with van der Waals surface area (Å²) in [4.78, 5) is 17.4. The van der Waals surface area contributed by atoms with Crippen LogP contribution in [0.4, 0.5) is 4.39 Å². The molecule has 0 aromatic heterocycles. The van der Waals surface area contributed by atoms with E-state index in [0.717, 1.165) is 66.2 Å². The molecule has 35 heavy (non-hydrogen) atoms. The van der Waals surface area contributed by atoms with Crippen LogP contribution in [0, 0.1) is 5.82 Å². The van der Waals surface area contributed by atoms with E-state index in [1.807, 2.05) is 30.0 Å². The third kappa shape index (κ3) is 4.89. The highest BCUT2D eigenvalue weighted by Crippen LogP contribution is 2.33. The molecule has 0 spiro atoms. The summed E-state index contributed by atoms with van der Waals surface area (Å²) < 4.78 is 24.6. The zero-order chi connectivity index (χ0) is 24.4. The number of rotatable bonds is 7. The SMILES string of the molecule is CCOc1cc(CN2CCC(N3Cc4cc(OC)ccc4C3=O)CC2)ccc1-c1ccc(F)cc1. The Morgan fingerprint density at radius 2 is 1.71 bits per heavy atom. The monoisotopic (exact) mass is 474 g/mol. The molecule has 2 heterocycles. The summed E-state index contributed by atoms with van der Waals surface area (Å²) in [5.74, 6) is 1.51. The van der Waals surface area contributed by atoms with E-state index >= 15 is 0 Å². The summed E-state index contributed by atoms with van der Waals surface area (Å²) in [5, 5.41) is 0. The van der Waals surface area contributed by atoms with Crippen LogP contribution in [0.25, 0.3) is 11.1 Å². The first-order valence-corrected chi connectivity index (χ1v) is 12.3. The van der Waals surface area contributed by atoms with Crippen molar-refractivity contribution in [2.75, 3.05) is 26.8 Å². The maximum Gasteiger partial charge on any atom is 0.254 e. The lowest BCUT2D eigenvalue weighted by Crippen LogP contribution is -2.44. The van der Waals surface area contributed by atoms with Gasteiger partial charge in [-0.25, -0.2) is 4.39 Å². The van der Waals surface area contributed by atoms with Gasteiger partial charge in [-0.2, -0.15) is 0 Å². The van der Waals surface area contributed by atoms with E-state index in [1.54, 1.807) is 19.2 Å². The van der Waals surface area contributed by atoms with Gasteiger partial charge in [0, 0.05) is 43.3 Å². The molecule has 5 nitrogen and oxygen atoms in total. The highest BCUT2D eigenvalue weighted by atomic mass is 19.1. The average Bonchev–Trinajstić information content (AvgIpc) is 3.21. The zero-order valence-corrected chi connectivity index (χ0v) is 20.3. The number of nitrogens with zero attached hydrogens (tertiary/aromatic N) is 2. The van der Waals surface area contributed by atoms with Crippen LogP contribution in [0.5, 0.6) is 11.5 Å². The van der Waals surface area contributed by atoms with Crippen LogP contribution in [0.2, 0.25) is 0 Å². The maximum atomic E-state index is 13.4. The highest BCUT2D eigenvalue weighted by Gasteiger charge is 2.34. The molecule has 0 unspecified atom stereocenters. The van der Waals surface area contributed by atoms with E-state index in [4.69, 9.17) is 9.47 Å². The Hall–Kier alpha value is -3.38. The van der Waals surface area contributed by atoms with Gasteiger partial charge in [0.05, 0.1) is 13.7 Å². The van der Waals surface area contributed by atoms with E-state index in [9.17, 15) is 9.18 Å². The van der Waals surface area contributed by atoms with Gasteiger partial charge in [0.25, 0.3) is 5.91 Å². The Morgan fingerprint density at radius 3 is 2.43 bits per heavy atom. The van der Waals surface area contributed by atoms with Crippen LogP contribution < -0.4 is 9.47 Å². The molecule has 182 valence electrons. The predicted molar refractivity (Wildman–Crippen MR) is 134 cm³/mol. The summed E-state index contributed by atoms with van der Waals surface area (Å²) in [6.45, 7) is 5.93. The smallest absolute Gasteiger partial charge is 0.254 e. The topological polar surface area (TPSA) is 42.0 Å². The molecule has 0 radical (unpaired) electrons. The summed E-state index contributed by atoms with van der Waals surface area (Å²) >= 11 is 0. The second-order valence-electron chi connectivity index (χ2n) is 9.23. The van der Waals surface area contributed by atoms with Crippen molar-refractivity contribution in [3.63, 3.8) is 0 Å². The molecular formula is C29H31FN2O3. The first kappa shape index (κ1) is 23.4. The second kappa shape index (κ2) is 10.1. The summed E-state index contributed by atoms with van der Waals surface area (Å²) in [6, 6.07) is 18.8. The lowest BCUT2D eigenvalue weighted by molar-refractivity contribution is 0.0590. The highest BCUT2D eigenvalue weighted by molar-refractivity contribution is 5.98. The van der Waals surface area contributed by atoms with E-state index in [2.05, 4.69) is 23.1 Å². The van der Waals surface area contributed by atoms with E-state index in [0.29, 0.717) is 13.2 Å². The molecule has 0 aliphatic carbocycles. The summed E-state index contributed by atoms with van der Waals surface area (Å²) in [7, 11) is 1.65. The van der Waals surface area contributed by atoms with Crippen LogP contribution >= 0.6 is 0 Å². The largest absolute Gasteiger partial charge is 0.497 e. The Morgan fingerprint density at radius 1 is 0.971 bits per heavy atom. The third-order valence-electron chi connectivity index (χ3n) is 7.05. The fraction of sp³-hybridized carbons (Fsp3) is 0.345. The molecule has 3 aromatic carbocycles. The fourth-order valence-electron chi connectivity index (χ4n) is 5.20. The van der Waals surface area contributed by atoms with Gasteiger partial charge in [0.1, 0.15) is 17.3 Å². The Balaban J connectivity index is 1.22. The number of ether oxygens (including phenoxy) is 2. The molecule has 0 N–H and O–H groups in total. The van der Waals surface area contributed by atoms with Crippen LogP contribution in [-0.4, -0.2) is 48.6 Å². The number of carbonyl (C=O) groups excluding carboxylic acids is 1. The van der Waals surface area contributed by atoms with Gasteiger partial charge in [0.15, 0.2) is 0 Å². The van der Waals surface area contributed by atoms with Gasteiger partial charge in [-0.3, -0.25) is 9.69 Å². The molecular weight excluding hydrogens is 443 g/mol. The number of likely N-dealkylation sites (tertiary alicyclic amines) is 1. The van der Waals surface area contributed by atoms with Gasteiger partial charge >= 0.3 is 0 Å². The normalized spacial score (nSPS) is 16.4. The number of hydrogen-bond donors (Lipinski definition) is 0. The predicted octanol–water partition coefficient (Wildman–Crippen LogP) is 5.52. The van der Waals surface area contributed by atoms with Crippen molar-refractivity contribution < 1.29 is 18.7 Å². The summed E-state index contributed by atoms with van der Waals surface area (Å²) in [5.41, 5.74) is 4.96. The van der Waals surface area contributed by atoms with Crippen molar-refractivity contribution in [1.82, 2.24) is 9.80 Å². The van der Waals surface area contributed by atoms with E-state index in [-0.39, 0.29) is 17.8 Å². The Labute approximate surface area is 206 Å². The number of amides is 1. The molecule has 5 rings (SSSR count). The number of carbonyl (C=O) groups is 1. The number of benzene rings is 3. The van der Waals surface area contributed by atoms with Crippen molar-refractivity contribution in [3.8, 4) is 22.6 Å². The van der Waals surface area contributed by atoms with Crippen LogP contribution in [-0.2, 0) is 13.1 Å². The maximum absolute atomic E-state index is 13.4. The molecule has 1 saturated heterocycles. The van der Waals surface area contributed by atoms with Crippen molar-refractivity contribution in [2.24, 2.45) is 0 Å². The van der Waals surface area contributed by atoms with Gasteiger partial charge in [-0.05, 0) is 72.9 Å². The number of hydrogen-bond acceptors (Lipinski definition) is 4. The van der Waals surface area contributed by atoms with Crippen LogP contribution in [0.1, 0.15) is 41.3 Å². The molecule has 2 aliphatic rings. The average molecular weight is 475 g/mol. The molecule has 0 atom stereocenters. The van der Waals surface area contributed by atoms with Gasteiger partial charge in [-0.1, -0.05) is 24.3 Å². The van der Waals surface area contributed by atoms with Gasteiger partial charge in [0.2, 0.25) is 0 Å². The van der Waals surface area contributed by atoms with E-state index in [1.165, 1.54) is 17.7 Å².